The summed E-state index contributed by atoms with van der Waals surface area (Å²) in [7, 11) is 0. The van der Waals surface area contributed by atoms with Gasteiger partial charge in [-0.15, -0.1) is 24.2 Å². The van der Waals surface area contributed by atoms with Gasteiger partial charge in [0.1, 0.15) is 0 Å². The number of benzene rings is 1. The molecule has 1 aromatic carbocycles. The molecule has 0 aromatic heterocycles. The Bertz CT molecular complexity index is 446. The molecule has 6 heteroatoms. The zero-order chi connectivity index (χ0) is 13.2. The third-order valence-electron chi connectivity index (χ3n) is 4.02. The van der Waals surface area contributed by atoms with Crippen molar-refractivity contribution in [3.8, 4) is 0 Å². The second-order valence-electron chi connectivity index (χ2n) is 5.36. The molecule has 2 heterocycles. The van der Waals surface area contributed by atoms with Crippen LogP contribution in [0.15, 0.2) is 23.1 Å². The average Bonchev–Trinajstić information content (AvgIpc) is 2.94. The molecule has 0 unspecified atom stereocenters. The lowest BCUT2D eigenvalue weighted by atomic mass is 10.0. The molecule has 1 N–H and O–H groups in total. The van der Waals surface area contributed by atoms with Crippen LogP contribution in [0, 0.1) is 11.8 Å². The molecule has 0 spiro atoms. The molecule has 20 heavy (non-hydrogen) atoms. The lowest BCUT2D eigenvalue weighted by Crippen LogP contribution is -2.27. The highest BCUT2D eigenvalue weighted by atomic mass is 35.5. The number of thioether (sulfide) groups is 1. The summed E-state index contributed by atoms with van der Waals surface area (Å²) in [5.41, 5.74) is 0. The van der Waals surface area contributed by atoms with Crippen molar-refractivity contribution in [1.29, 1.82) is 0 Å². The maximum atomic E-state index is 6.17. The van der Waals surface area contributed by atoms with Gasteiger partial charge < -0.3 is 10.2 Å². The number of nitrogens with one attached hydrogen (secondary N) is 1. The van der Waals surface area contributed by atoms with Crippen LogP contribution < -0.4 is 5.32 Å². The van der Waals surface area contributed by atoms with E-state index in [0.29, 0.717) is 0 Å². The Hall–Kier alpha value is 0.360. The summed E-state index contributed by atoms with van der Waals surface area (Å²) in [4.78, 5) is 3.68. The molecule has 0 amide bonds. The van der Waals surface area contributed by atoms with E-state index in [1.165, 1.54) is 26.2 Å². The van der Waals surface area contributed by atoms with Gasteiger partial charge in [-0.25, -0.2) is 0 Å². The van der Waals surface area contributed by atoms with Gasteiger partial charge >= 0.3 is 0 Å². The van der Waals surface area contributed by atoms with Gasteiger partial charge in [0, 0.05) is 35.3 Å². The minimum absolute atomic E-state index is 0. The fourth-order valence-corrected chi connectivity index (χ4v) is 4.51. The van der Waals surface area contributed by atoms with E-state index in [1.54, 1.807) is 11.8 Å². The number of rotatable bonds is 4. The monoisotopic (exact) mass is 352 g/mol. The summed E-state index contributed by atoms with van der Waals surface area (Å²) in [6.45, 7) is 6.05. The maximum absolute atomic E-state index is 6.17. The highest BCUT2D eigenvalue weighted by Crippen LogP contribution is 2.31. The van der Waals surface area contributed by atoms with Gasteiger partial charge in [0.05, 0.1) is 5.02 Å². The first-order chi connectivity index (χ1) is 9.22. The van der Waals surface area contributed by atoms with Gasteiger partial charge in [-0.1, -0.05) is 23.2 Å². The molecule has 1 aromatic rings. The van der Waals surface area contributed by atoms with Crippen LogP contribution in [0.4, 0.5) is 0 Å². The Labute approximate surface area is 141 Å². The molecular weight excluding hydrogens is 335 g/mol. The first-order valence-corrected chi connectivity index (χ1v) is 8.47. The predicted octanol–water partition coefficient (Wildman–Crippen LogP) is 3.66. The average molecular weight is 354 g/mol. The molecule has 2 aliphatic heterocycles. The van der Waals surface area contributed by atoms with E-state index < -0.39 is 0 Å². The van der Waals surface area contributed by atoms with Crippen molar-refractivity contribution in [2.45, 2.75) is 4.90 Å². The molecular formula is C14H19Cl3N2S. The molecule has 2 atom stereocenters. The molecule has 2 nitrogen and oxygen atoms in total. The third-order valence-corrected chi connectivity index (χ3v) is 5.74. The summed E-state index contributed by atoms with van der Waals surface area (Å²) in [6.07, 6.45) is 0. The lowest BCUT2D eigenvalue weighted by molar-refractivity contribution is 0.333. The van der Waals surface area contributed by atoms with Crippen molar-refractivity contribution < 1.29 is 0 Å². The summed E-state index contributed by atoms with van der Waals surface area (Å²) in [6, 6.07) is 5.66. The van der Waals surface area contributed by atoms with E-state index >= 15 is 0 Å². The summed E-state index contributed by atoms with van der Waals surface area (Å²) in [5, 5.41) is 5.04. The third kappa shape index (κ3) is 3.96. The van der Waals surface area contributed by atoms with Gasteiger partial charge in [-0.3, -0.25) is 0 Å². The van der Waals surface area contributed by atoms with Gasteiger partial charge in [0.2, 0.25) is 0 Å². The molecule has 3 rings (SSSR count). The molecule has 2 saturated heterocycles. The van der Waals surface area contributed by atoms with Gasteiger partial charge in [-0.05, 0) is 43.1 Å². The van der Waals surface area contributed by atoms with Crippen LogP contribution in [0.2, 0.25) is 10.0 Å². The summed E-state index contributed by atoms with van der Waals surface area (Å²) < 4.78 is 0. The SMILES string of the molecule is Cl.Clc1ccc(Cl)c(SCCN2C[C@H]3CNC[C@H]3C2)c1. The fourth-order valence-electron chi connectivity index (χ4n) is 3.01. The van der Waals surface area contributed by atoms with Crippen LogP contribution in [0.3, 0.4) is 0 Å². The van der Waals surface area contributed by atoms with E-state index in [0.717, 1.165) is 39.1 Å². The predicted molar refractivity (Wildman–Crippen MR) is 90.7 cm³/mol. The molecule has 112 valence electrons. The zero-order valence-electron chi connectivity index (χ0n) is 11.1. The molecule has 2 aliphatic rings. The molecule has 0 saturated carbocycles. The maximum Gasteiger partial charge on any atom is 0.0542 e. The van der Waals surface area contributed by atoms with Crippen LogP contribution in [0.1, 0.15) is 0 Å². The summed E-state index contributed by atoms with van der Waals surface area (Å²) >= 11 is 14.0. The highest BCUT2D eigenvalue weighted by molar-refractivity contribution is 7.99. The second kappa shape index (κ2) is 7.57. The van der Waals surface area contributed by atoms with Crippen LogP contribution in [-0.2, 0) is 0 Å². The molecule has 0 radical (unpaired) electrons. The standard InChI is InChI=1S/C14H18Cl2N2S.ClH/c15-12-1-2-13(16)14(5-12)19-4-3-18-8-10-6-17-7-11(10)9-18;/h1-2,5,10-11,17H,3-4,6-9H2;1H/t10-,11+;. The zero-order valence-corrected chi connectivity index (χ0v) is 14.3. The quantitative estimate of drug-likeness (QED) is 0.832. The van der Waals surface area contributed by atoms with Gasteiger partial charge in [0.25, 0.3) is 0 Å². The Balaban J connectivity index is 0.00000147. The minimum Gasteiger partial charge on any atom is -0.316 e. The van der Waals surface area contributed by atoms with Gasteiger partial charge in [0.15, 0.2) is 0 Å². The molecule has 0 aliphatic carbocycles. The van der Waals surface area contributed by atoms with E-state index in [1.807, 2.05) is 18.2 Å². The Morgan fingerprint density at radius 2 is 1.90 bits per heavy atom. The van der Waals surface area contributed by atoms with Crippen LogP contribution >= 0.6 is 47.4 Å². The first kappa shape index (κ1) is 16.7. The van der Waals surface area contributed by atoms with Crippen molar-refractivity contribution in [3.63, 3.8) is 0 Å². The van der Waals surface area contributed by atoms with Crippen molar-refractivity contribution in [2.75, 3.05) is 38.5 Å². The smallest absolute Gasteiger partial charge is 0.0542 e. The van der Waals surface area contributed by atoms with Crippen molar-refractivity contribution >= 4 is 47.4 Å². The number of nitrogens with zero attached hydrogens (tertiary/aromatic N) is 1. The number of halogens is 3. The second-order valence-corrected chi connectivity index (χ2v) is 7.34. The van der Waals surface area contributed by atoms with E-state index in [9.17, 15) is 0 Å². The normalized spacial score (nSPS) is 25.5. The van der Waals surface area contributed by atoms with Crippen LogP contribution in [0.5, 0.6) is 0 Å². The number of fused-ring (bicyclic) bond motifs is 1. The molecule has 0 bridgehead atoms. The van der Waals surface area contributed by atoms with Crippen LogP contribution in [0.25, 0.3) is 0 Å². The van der Waals surface area contributed by atoms with E-state index in [2.05, 4.69) is 10.2 Å². The lowest BCUT2D eigenvalue weighted by Gasteiger charge is -2.16. The first-order valence-electron chi connectivity index (χ1n) is 6.73. The number of hydrogen-bond donors (Lipinski definition) is 1. The van der Waals surface area contributed by atoms with Crippen molar-refractivity contribution in [1.82, 2.24) is 10.2 Å². The van der Waals surface area contributed by atoms with Crippen molar-refractivity contribution in [3.05, 3.63) is 28.2 Å². The van der Waals surface area contributed by atoms with E-state index in [-0.39, 0.29) is 12.4 Å². The Morgan fingerprint density at radius 1 is 1.20 bits per heavy atom. The van der Waals surface area contributed by atoms with Gasteiger partial charge in [-0.2, -0.15) is 0 Å². The Morgan fingerprint density at radius 3 is 2.60 bits per heavy atom. The summed E-state index contributed by atoms with van der Waals surface area (Å²) in [5.74, 6) is 2.83. The number of hydrogen-bond acceptors (Lipinski definition) is 3. The molecule has 2 fully saturated rings. The fraction of sp³-hybridized carbons (Fsp3) is 0.571. The largest absolute Gasteiger partial charge is 0.316 e. The minimum atomic E-state index is 0. The van der Waals surface area contributed by atoms with Crippen LogP contribution in [-0.4, -0.2) is 43.4 Å². The topological polar surface area (TPSA) is 15.3 Å². The van der Waals surface area contributed by atoms with E-state index in [4.69, 9.17) is 23.2 Å². The highest BCUT2D eigenvalue weighted by Gasteiger charge is 2.35. The van der Waals surface area contributed by atoms with Crippen molar-refractivity contribution in [2.24, 2.45) is 11.8 Å². The Kier molecular flexibility index (Phi) is 6.33. The number of likely N-dealkylation sites (tertiary alicyclic amines) is 1.